The molecule has 0 nitrogen and oxygen atoms in total. The molecule has 0 bridgehead atoms. The van der Waals surface area contributed by atoms with Crippen LogP contribution in [-0.2, 0) is 5.41 Å². The van der Waals surface area contributed by atoms with Gasteiger partial charge in [-0.3, -0.25) is 0 Å². The van der Waals surface area contributed by atoms with Crippen LogP contribution in [0.15, 0.2) is 91.1 Å². The standard InChI is InChI=1S/C24H16/c1-3-14-24-15-4-2-13-23(24,12-1)16-19-9-8-17-6-5-7-18-10-11-20(24)22(19)21(17)18/h1-16H. The van der Waals surface area contributed by atoms with Gasteiger partial charge in [0, 0.05) is 10.8 Å². The van der Waals surface area contributed by atoms with Crippen LogP contribution >= 0.6 is 0 Å². The van der Waals surface area contributed by atoms with Crippen LogP contribution in [0, 0.1) is 5.41 Å². The summed E-state index contributed by atoms with van der Waals surface area (Å²) < 4.78 is 0. The molecule has 3 aromatic rings. The fraction of sp³-hybridized carbons (Fsp3) is 0.0833. The van der Waals surface area contributed by atoms with Crippen molar-refractivity contribution in [3.8, 4) is 0 Å². The number of hydrogen-bond acceptors (Lipinski definition) is 0. The van der Waals surface area contributed by atoms with E-state index in [1.807, 2.05) is 0 Å². The monoisotopic (exact) mass is 304 g/mol. The lowest BCUT2D eigenvalue weighted by Crippen LogP contribution is -2.45. The van der Waals surface area contributed by atoms with Crippen molar-refractivity contribution in [1.82, 2.24) is 0 Å². The lowest BCUT2D eigenvalue weighted by atomic mass is 9.53. The third-order valence-corrected chi connectivity index (χ3v) is 6.05. The van der Waals surface area contributed by atoms with Crippen LogP contribution in [0.2, 0.25) is 0 Å². The summed E-state index contributed by atoms with van der Waals surface area (Å²) in [4.78, 5) is 0. The Kier molecular flexibility index (Phi) is 2.07. The summed E-state index contributed by atoms with van der Waals surface area (Å²) in [6.07, 6.45) is 20.7. The zero-order chi connectivity index (χ0) is 15.8. The molecule has 3 aliphatic rings. The van der Waals surface area contributed by atoms with Gasteiger partial charge in [-0.25, -0.2) is 0 Å². The topological polar surface area (TPSA) is 0 Å². The fourth-order valence-corrected chi connectivity index (χ4v) is 4.98. The van der Waals surface area contributed by atoms with Crippen LogP contribution in [0.3, 0.4) is 0 Å². The summed E-state index contributed by atoms with van der Waals surface area (Å²) in [5.74, 6) is 0. The zero-order valence-electron chi connectivity index (χ0n) is 13.2. The van der Waals surface area contributed by atoms with Gasteiger partial charge in [0.05, 0.1) is 0 Å². The Morgan fingerprint density at radius 1 is 0.583 bits per heavy atom. The van der Waals surface area contributed by atoms with Crippen molar-refractivity contribution in [2.45, 2.75) is 5.41 Å². The molecular formula is C24H16. The van der Waals surface area contributed by atoms with E-state index < -0.39 is 0 Å². The van der Waals surface area contributed by atoms with Crippen LogP contribution in [0.4, 0.5) is 0 Å². The summed E-state index contributed by atoms with van der Waals surface area (Å²) in [7, 11) is 0. The minimum absolute atomic E-state index is 0.0941. The van der Waals surface area contributed by atoms with E-state index in [0.29, 0.717) is 0 Å². The summed E-state index contributed by atoms with van der Waals surface area (Å²) in [6.45, 7) is 0. The van der Waals surface area contributed by atoms with Gasteiger partial charge in [0.25, 0.3) is 0 Å². The maximum atomic E-state index is 2.46. The number of hydrogen-bond donors (Lipinski definition) is 0. The van der Waals surface area contributed by atoms with Gasteiger partial charge in [0.15, 0.2) is 0 Å². The first-order valence-electron chi connectivity index (χ1n) is 8.55. The lowest BCUT2D eigenvalue weighted by Gasteiger charge is -2.48. The highest BCUT2D eigenvalue weighted by Gasteiger charge is 2.49. The Hall–Kier alpha value is -2.86. The molecule has 0 unspecified atom stereocenters. The van der Waals surface area contributed by atoms with Gasteiger partial charge in [0.1, 0.15) is 0 Å². The summed E-state index contributed by atoms with van der Waals surface area (Å²) >= 11 is 0. The molecule has 0 atom stereocenters. The third kappa shape index (κ3) is 1.24. The number of benzene rings is 3. The molecule has 6 rings (SSSR count). The molecule has 0 amide bonds. The first-order chi connectivity index (χ1) is 11.8. The van der Waals surface area contributed by atoms with Gasteiger partial charge in [0.2, 0.25) is 0 Å². The van der Waals surface area contributed by atoms with Crippen LogP contribution in [-0.4, -0.2) is 0 Å². The highest BCUT2D eigenvalue weighted by Crippen LogP contribution is 2.55. The van der Waals surface area contributed by atoms with Crippen molar-refractivity contribution < 1.29 is 0 Å². The van der Waals surface area contributed by atoms with Crippen LogP contribution < -0.4 is 5.22 Å². The van der Waals surface area contributed by atoms with Crippen molar-refractivity contribution in [3.63, 3.8) is 0 Å². The van der Waals surface area contributed by atoms with E-state index in [4.69, 9.17) is 0 Å². The molecule has 3 aromatic carbocycles. The Balaban J connectivity index is 1.93. The largest absolute Gasteiger partial charge is 0.0692 e. The molecule has 0 aromatic heterocycles. The summed E-state index contributed by atoms with van der Waals surface area (Å²) in [5, 5.41) is 6.83. The first kappa shape index (κ1) is 12.5. The highest BCUT2D eigenvalue weighted by atomic mass is 14.5. The maximum Gasteiger partial charge on any atom is 0.0485 e. The van der Waals surface area contributed by atoms with E-state index >= 15 is 0 Å². The summed E-state index contributed by atoms with van der Waals surface area (Å²) in [5.41, 5.74) is 1.22. The molecule has 0 heteroatoms. The second-order valence-electron chi connectivity index (χ2n) is 7.10. The molecule has 3 aliphatic carbocycles. The van der Waals surface area contributed by atoms with Crippen molar-refractivity contribution in [1.29, 1.82) is 0 Å². The molecular weight excluding hydrogens is 288 g/mol. The molecule has 0 fully saturated rings. The molecule has 0 saturated heterocycles. The highest BCUT2D eigenvalue weighted by molar-refractivity contribution is 6.12. The van der Waals surface area contributed by atoms with Gasteiger partial charge >= 0.3 is 0 Å². The SMILES string of the molecule is C1=CC23C=CC=CC2(C=C1)c1ccc2cccc4ccc(c1c24)=C3. The first-order valence-corrected chi connectivity index (χ1v) is 8.55. The van der Waals surface area contributed by atoms with E-state index in [-0.39, 0.29) is 10.8 Å². The number of allylic oxidation sites excluding steroid dienone is 8. The summed E-state index contributed by atoms with van der Waals surface area (Å²) in [6, 6.07) is 15.8. The molecule has 0 aliphatic heterocycles. The molecule has 0 N–H and O–H groups in total. The van der Waals surface area contributed by atoms with E-state index in [0.717, 1.165) is 0 Å². The normalized spacial score (nSPS) is 28.8. The maximum absolute atomic E-state index is 2.46. The van der Waals surface area contributed by atoms with Crippen molar-refractivity contribution in [2.75, 3.05) is 0 Å². The van der Waals surface area contributed by atoms with Crippen molar-refractivity contribution in [3.05, 3.63) is 102 Å². The van der Waals surface area contributed by atoms with E-state index in [1.54, 1.807) is 0 Å². The predicted octanol–water partition coefficient (Wildman–Crippen LogP) is 4.98. The molecule has 24 heavy (non-hydrogen) atoms. The average Bonchev–Trinajstić information content (AvgIpc) is 2.64. The Bertz CT molecular complexity index is 1160. The molecule has 0 radical (unpaired) electrons. The molecule has 0 spiro atoms. The van der Waals surface area contributed by atoms with Gasteiger partial charge in [-0.15, -0.1) is 0 Å². The quantitative estimate of drug-likeness (QED) is 0.549. The predicted molar refractivity (Wildman–Crippen MR) is 102 cm³/mol. The van der Waals surface area contributed by atoms with Crippen LogP contribution in [0.25, 0.3) is 27.6 Å². The lowest BCUT2D eigenvalue weighted by molar-refractivity contribution is 0.459. The van der Waals surface area contributed by atoms with Crippen molar-refractivity contribution >= 4 is 27.6 Å². The molecule has 112 valence electrons. The van der Waals surface area contributed by atoms with E-state index in [9.17, 15) is 0 Å². The zero-order valence-corrected chi connectivity index (χ0v) is 13.2. The van der Waals surface area contributed by atoms with Gasteiger partial charge < -0.3 is 0 Å². The Morgan fingerprint density at radius 3 is 2.00 bits per heavy atom. The molecule has 0 heterocycles. The Labute approximate surface area is 140 Å². The number of rotatable bonds is 0. The minimum atomic E-state index is -0.109. The van der Waals surface area contributed by atoms with Gasteiger partial charge in [-0.1, -0.05) is 97.1 Å². The second kappa shape index (κ2) is 3.96. The van der Waals surface area contributed by atoms with Gasteiger partial charge in [-0.2, -0.15) is 0 Å². The fourth-order valence-electron chi connectivity index (χ4n) is 4.98. The smallest absolute Gasteiger partial charge is 0.0485 e. The van der Waals surface area contributed by atoms with Gasteiger partial charge in [-0.05, 0) is 32.3 Å². The van der Waals surface area contributed by atoms with E-state index in [1.165, 1.54) is 32.3 Å². The minimum Gasteiger partial charge on any atom is -0.0692 e. The average molecular weight is 304 g/mol. The third-order valence-electron chi connectivity index (χ3n) is 6.05. The second-order valence-corrected chi connectivity index (χ2v) is 7.10. The Morgan fingerprint density at radius 2 is 1.25 bits per heavy atom. The molecule has 0 saturated carbocycles. The van der Waals surface area contributed by atoms with Crippen LogP contribution in [0.1, 0.15) is 5.56 Å². The van der Waals surface area contributed by atoms with Crippen LogP contribution in [0.5, 0.6) is 0 Å². The van der Waals surface area contributed by atoms with E-state index in [2.05, 4.69) is 97.1 Å². The van der Waals surface area contributed by atoms with Crippen molar-refractivity contribution in [2.24, 2.45) is 5.41 Å².